The molecule has 2 heterocycles. The molecule has 21 heavy (non-hydrogen) atoms. The first-order chi connectivity index (χ1) is 10.3. The Labute approximate surface area is 124 Å². The topological polar surface area (TPSA) is 64.3 Å². The predicted octanol–water partition coefficient (Wildman–Crippen LogP) is 2.58. The van der Waals surface area contributed by atoms with Gasteiger partial charge >= 0.3 is 0 Å². The second kappa shape index (κ2) is 6.85. The number of fused-ring (bicyclic) bond motifs is 1. The van der Waals surface area contributed by atoms with E-state index in [0.29, 0.717) is 11.9 Å². The summed E-state index contributed by atoms with van der Waals surface area (Å²) in [7, 11) is 0. The SMILES string of the molecule is Cc1cc(NCCCOC2CCCCC2)n2ncnc2n1. The van der Waals surface area contributed by atoms with Gasteiger partial charge in [0.25, 0.3) is 5.78 Å². The van der Waals surface area contributed by atoms with Crippen LogP contribution < -0.4 is 5.32 Å². The highest BCUT2D eigenvalue weighted by Crippen LogP contribution is 2.20. The fraction of sp³-hybridized carbons (Fsp3) is 0.667. The van der Waals surface area contributed by atoms with E-state index in [-0.39, 0.29) is 0 Å². The summed E-state index contributed by atoms with van der Waals surface area (Å²) in [5.74, 6) is 1.57. The maximum atomic E-state index is 5.93. The third-order valence-corrected chi connectivity index (χ3v) is 3.91. The Hall–Kier alpha value is -1.69. The van der Waals surface area contributed by atoms with Gasteiger partial charge in [0.1, 0.15) is 12.1 Å². The second-order valence-corrected chi connectivity index (χ2v) is 5.67. The molecule has 2 aromatic rings. The van der Waals surface area contributed by atoms with Gasteiger partial charge in [0.2, 0.25) is 0 Å². The van der Waals surface area contributed by atoms with Gasteiger partial charge in [0.05, 0.1) is 6.10 Å². The van der Waals surface area contributed by atoms with Crippen LogP contribution in [-0.4, -0.2) is 38.8 Å². The number of anilines is 1. The minimum Gasteiger partial charge on any atom is -0.378 e. The van der Waals surface area contributed by atoms with Gasteiger partial charge in [0, 0.05) is 24.9 Å². The van der Waals surface area contributed by atoms with Crippen LogP contribution in [0, 0.1) is 6.92 Å². The number of nitrogens with one attached hydrogen (secondary N) is 1. The van der Waals surface area contributed by atoms with Gasteiger partial charge < -0.3 is 10.1 Å². The van der Waals surface area contributed by atoms with E-state index in [4.69, 9.17) is 4.74 Å². The van der Waals surface area contributed by atoms with E-state index in [0.717, 1.165) is 31.1 Å². The summed E-state index contributed by atoms with van der Waals surface area (Å²) in [6, 6.07) is 1.99. The van der Waals surface area contributed by atoms with Crippen LogP contribution in [0.3, 0.4) is 0 Å². The molecule has 1 N–H and O–H groups in total. The Morgan fingerprint density at radius 3 is 3.05 bits per heavy atom. The van der Waals surface area contributed by atoms with Gasteiger partial charge in [-0.2, -0.15) is 14.6 Å². The fourth-order valence-electron chi connectivity index (χ4n) is 2.83. The molecule has 0 aromatic carbocycles. The van der Waals surface area contributed by atoms with Gasteiger partial charge in [-0.25, -0.2) is 4.98 Å². The Morgan fingerprint density at radius 1 is 1.33 bits per heavy atom. The van der Waals surface area contributed by atoms with E-state index in [2.05, 4.69) is 20.4 Å². The van der Waals surface area contributed by atoms with Crippen LogP contribution >= 0.6 is 0 Å². The molecule has 0 spiro atoms. The molecule has 0 amide bonds. The zero-order valence-electron chi connectivity index (χ0n) is 12.6. The number of hydrogen-bond donors (Lipinski definition) is 1. The highest BCUT2D eigenvalue weighted by Gasteiger charge is 2.13. The third-order valence-electron chi connectivity index (χ3n) is 3.91. The zero-order chi connectivity index (χ0) is 14.5. The molecule has 2 aromatic heterocycles. The van der Waals surface area contributed by atoms with Crippen molar-refractivity contribution in [2.45, 2.75) is 51.6 Å². The van der Waals surface area contributed by atoms with E-state index in [1.165, 1.54) is 38.4 Å². The van der Waals surface area contributed by atoms with Crippen molar-refractivity contribution in [3.8, 4) is 0 Å². The monoisotopic (exact) mass is 289 g/mol. The first kappa shape index (κ1) is 14.3. The first-order valence-electron chi connectivity index (χ1n) is 7.86. The van der Waals surface area contributed by atoms with Crippen molar-refractivity contribution >= 4 is 11.6 Å². The molecular formula is C15H23N5O. The van der Waals surface area contributed by atoms with E-state index in [9.17, 15) is 0 Å². The lowest BCUT2D eigenvalue weighted by atomic mass is 9.98. The molecule has 1 fully saturated rings. The normalized spacial score (nSPS) is 16.4. The van der Waals surface area contributed by atoms with Crippen LogP contribution in [-0.2, 0) is 4.74 Å². The van der Waals surface area contributed by atoms with Crippen LogP contribution in [0.4, 0.5) is 5.82 Å². The van der Waals surface area contributed by atoms with Crippen molar-refractivity contribution < 1.29 is 4.74 Å². The van der Waals surface area contributed by atoms with Crippen LogP contribution in [0.2, 0.25) is 0 Å². The molecular weight excluding hydrogens is 266 g/mol. The maximum Gasteiger partial charge on any atom is 0.254 e. The molecule has 0 bridgehead atoms. The van der Waals surface area contributed by atoms with Gasteiger partial charge in [-0.1, -0.05) is 19.3 Å². The van der Waals surface area contributed by atoms with Crippen LogP contribution in [0.1, 0.15) is 44.2 Å². The quantitative estimate of drug-likeness (QED) is 0.828. The Balaban J connectivity index is 1.45. The maximum absolute atomic E-state index is 5.93. The molecule has 6 heteroatoms. The molecule has 114 valence electrons. The smallest absolute Gasteiger partial charge is 0.254 e. The molecule has 1 aliphatic rings. The molecule has 0 aliphatic heterocycles. The lowest BCUT2D eigenvalue weighted by molar-refractivity contribution is 0.0284. The summed E-state index contributed by atoms with van der Waals surface area (Å²) in [6.45, 7) is 3.65. The van der Waals surface area contributed by atoms with Crippen molar-refractivity contribution in [1.82, 2.24) is 19.6 Å². The summed E-state index contributed by atoms with van der Waals surface area (Å²) >= 11 is 0. The molecule has 0 unspecified atom stereocenters. The summed E-state index contributed by atoms with van der Waals surface area (Å²) < 4.78 is 7.66. The average molecular weight is 289 g/mol. The van der Waals surface area contributed by atoms with E-state index in [1.54, 1.807) is 4.52 Å². The number of hydrogen-bond acceptors (Lipinski definition) is 5. The molecule has 1 saturated carbocycles. The number of nitrogens with zero attached hydrogens (tertiary/aromatic N) is 4. The Bertz CT molecular complexity index is 576. The minimum atomic E-state index is 0.490. The largest absolute Gasteiger partial charge is 0.378 e. The number of ether oxygens (including phenoxy) is 1. The molecule has 0 radical (unpaired) electrons. The van der Waals surface area contributed by atoms with Crippen LogP contribution in [0.25, 0.3) is 5.78 Å². The summed E-state index contributed by atoms with van der Waals surface area (Å²) in [5.41, 5.74) is 0.941. The van der Waals surface area contributed by atoms with E-state index < -0.39 is 0 Å². The standard InChI is InChI=1S/C15H23N5O/c1-12-10-14(20-15(19-12)17-11-18-20)16-8-5-9-21-13-6-3-2-4-7-13/h10-11,13,16H,2-9H2,1H3. The Morgan fingerprint density at radius 2 is 2.19 bits per heavy atom. The second-order valence-electron chi connectivity index (χ2n) is 5.67. The summed E-state index contributed by atoms with van der Waals surface area (Å²) in [6.07, 6.45) is 9.49. The van der Waals surface area contributed by atoms with Crippen molar-refractivity contribution in [2.24, 2.45) is 0 Å². The minimum absolute atomic E-state index is 0.490. The number of aromatic nitrogens is 4. The van der Waals surface area contributed by atoms with Crippen molar-refractivity contribution in [3.63, 3.8) is 0 Å². The number of aryl methyl sites for hydroxylation is 1. The Kier molecular flexibility index (Phi) is 4.65. The molecule has 3 rings (SSSR count). The highest BCUT2D eigenvalue weighted by atomic mass is 16.5. The predicted molar refractivity (Wildman–Crippen MR) is 81.5 cm³/mol. The molecule has 0 saturated heterocycles. The van der Waals surface area contributed by atoms with Crippen LogP contribution in [0.5, 0.6) is 0 Å². The fourth-order valence-corrected chi connectivity index (χ4v) is 2.83. The summed E-state index contributed by atoms with van der Waals surface area (Å²) in [5, 5.41) is 7.57. The lowest BCUT2D eigenvalue weighted by Crippen LogP contribution is -2.18. The van der Waals surface area contributed by atoms with E-state index >= 15 is 0 Å². The van der Waals surface area contributed by atoms with Crippen molar-refractivity contribution in [1.29, 1.82) is 0 Å². The first-order valence-corrected chi connectivity index (χ1v) is 7.86. The lowest BCUT2D eigenvalue weighted by Gasteiger charge is -2.22. The van der Waals surface area contributed by atoms with Crippen molar-refractivity contribution in [3.05, 3.63) is 18.1 Å². The zero-order valence-corrected chi connectivity index (χ0v) is 12.6. The van der Waals surface area contributed by atoms with Gasteiger partial charge in [-0.15, -0.1) is 0 Å². The van der Waals surface area contributed by atoms with E-state index in [1.807, 2.05) is 13.0 Å². The van der Waals surface area contributed by atoms with Gasteiger partial charge in [-0.05, 0) is 26.2 Å². The molecule has 6 nitrogen and oxygen atoms in total. The highest BCUT2D eigenvalue weighted by molar-refractivity contribution is 5.44. The van der Waals surface area contributed by atoms with Crippen molar-refractivity contribution in [2.75, 3.05) is 18.5 Å². The molecule has 1 aliphatic carbocycles. The van der Waals surface area contributed by atoms with Gasteiger partial charge in [0.15, 0.2) is 0 Å². The average Bonchev–Trinajstić information content (AvgIpc) is 2.96. The third kappa shape index (κ3) is 3.69. The van der Waals surface area contributed by atoms with Crippen LogP contribution in [0.15, 0.2) is 12.4 Å². The summed E-state index contributed by atoms with van der Waals surface area (Å²) in [4.78, 5) is 8.45. The number of rotatable bonds is 6. The van der Waals surface area contributed by atoms with Gasteiger partial charge in [-0.3, -0.25) is 0 Å². The molecule has 0 atom stereocenters.